The van der Waals surface area contributed by atoms with Crippen molar-refractivity contribution < 1.29 is 9.84 Å². The lowest BCUT2D eigenvalue weighted by Crippen LogP contribution is -2.33. The quantitative estimate of drug-likeness (QED) is 0.663. The second-order valence-electron chi connectivity index (χ2n) is 4.95. The van der Waals surface area contributed by atoms with Gasteiger partial charge in [0.05, 0.1) is 17.8 Å². The Balaban J connectivity index is 2.22. The van der Waals surface area contributed by atoms with E-state index in [-0.39, 0.29) is 6.10 Å². The second kappa shape index (κ2) is 5.83. The smallest absolute Gasteiger partial charge is 0.0656 e. The van der Waals surface area contributed by atoms with Crippen molar-refractivity contribution in [3.63, 3.8) is 0 Å². The number of rotatable bonds is 6. The standard InChI is InChI=1S/C12H25NO2/c1-4-13-8-7-12(3,14)9-11-6-5-10(2)15-11/h10-11,13-14H,4-9H2,1-3H3. The number of nitrogens with one attached hydrogen (secondary N) is 1. The summed E-state index contributed by atoms with van der Waals surface area (Å²) in [4.78, 5) is 0. The van der Waals surface area contributed by atoms with E-state index >= 15 is 0 Å². The third-order valence-corrected chi connectivity index (χ3v) is 3.08. The first-order valence-corrected chi connectivity index (χ1v) is 6.12. The average Bonchev–Trinajstić information content (AvgIpc) is 2.50. The number of ether oxygens (including phenoxy) is 1. The molecule has 3 unspecified atom stereocenters. The maximum Gasteiger partial charge on any atom is 0.0656 e. The lowest BCUT2D eigenvalue weighted by molar-refractivity contribution is -0.0275. The number of aliphatic hydroxyl groups is 1. The van der Waals surface area contributed by atoms with Crippen molar-refractivity contribution in [2.75, 3.05) is 13.1 Å². The molecule has 0 aromatic rings. The summed E-state index contributed by atoms with van der Waals surface area (Å²) < 4.78 is 5.72. The SMILES string of the molecule is CCNCCC(C)(O)CC1CCC(C)O1. The lowest BCUT2D eigenvalue weighted by Gasteiger charge is -2.26. The fourth-order valence-corrected chi connectivity index (χ4v) is 2.16. The van der Waals surface area contributed by atoms with Crippen molar-refractivity contribution in [1.82, 2.24) is 5.32 Å². The van der Waals surface area contributed by atoms with Gasteiger partial charge in [-0.2, -0.15) is 0 Å². The van der Waals surface area contributed by atoms with E-state index in [0.717, 1.165) is 38.8 Å². The molecule has 0 amide bonds. The maximum absolute atomic E-state index is 10.2. The van der Waals surface area contributed by atoms with E-state index in [0.29, 0.717) is 6.10 Å². The van der Waals surface area contributed by atoms with E-state index in [4.69, 9.17) is 4.74 Å². The Morgan fingerprint density at radius 2 is 2.20 bits per heavy atom. The van der Waals surface area contributed by atoms with E-state index in [1.54, 1.807) is 0 Å². The van der Waals surface area contributed by atoms with Gasteiger partial charge in [0.1, 0.15) is 0 Å². The third kappa shape index (κ3) is 4.96. The molecule has 1 saturated heterocycles. The van der Waals surface area contributed by atoms with Crippen LogP contribution < -0.4 is 5.32 Å². The molecule has 1 aliphatic rings. The third-order valence-electron chi connectivity index (χ3n) is 3.08. The van der Waals surface area contributed by atoms with Crippen LogP contribution in [-0.4, -0.2) is 36.0 Å². The van der Waals surface area contributed by atoms with E-state index in [1.807, 2.05) is 6.92 Å². The molecule has 0 saturated carbocycles. The van der Waals surface area contributed by atoms with Crippen molar-refractivity contribution >= 4 is 0 Å². The fourth-order valence-electron chi connectivity index (χ4n) is 2.16. The molecule has 1 rings (SSSR count). The van der Waals surface area contributed by atoms with Gasteiger partial charge in [-0.25, -0.2) is 0 Å². The van der Waals surface area contributed by atoms with Gasteiger partial charge >= 0.3 is 0 Å². The highest BCUT2D eigenvalue weighted by Gasteiger charge is 2.30. The molecular weight excluding hydrogens is 190 g/mol. The molecule has 1 aliphatic heterocycles. The van der Waals surface area contributed by atoms with Crippen LogP contribution in [0.3, 0.4) is 0 Å². The maximum atomic E-state index is 10.2. The van der Waals surface area contributed by atoms with Crippen LogP contribution in [-0.2, 0) is 4.74 Å². The van der Waals surface area contributed by atoms with Crippen LogP contribution in [0.5, 0.6) is 0 Å². The molecule has 2 N–H and O–H groups in total. The first kappa shape index (κ1) is 12.9. The van der Waals surface area contributed by atoms with E-state index in [1.165, 1.54) is 0 Å². The van der Waals surface area contributed by atoms with Gasteiger partial charge in [-0.05, 0) is 46.2 Å². The Labute approximate surface area is 93.2 Å². The Hall–Kier alpha value is -0.120. The molecule has 0 radical (unpaired) electrons. The molecule has 0 bridgehead atoms. The van der Waals surface area contributed by atoms with E-state index in [2.05, 4.69) is 19.2 Å². The summed E-state index contributed by atoms with van der Waals surface area (Å²) in [5, 5.41) is 13.4. The Kier molecular flexibility index (Phi) is 5.03. The van der Waals surface area contributed by atoms with Gasteiger partial charge in [0.2, 0.25) is 0 Å². The summed E-state index contributed by atoms with van der Waals surface area (Å²) in [5.41, 5.74) is -0.586. The van der Waals surface area contributed by atoms with E-state index < -0.39 is 5.60 Å². The molecule has 0 aromatic heterocycles. The molecule has 3 heteroatoms. The molecule has 3 atom stereocenters. The first-order valence-electron chi connectivity index (χ1n) is 6.12. The van der Waals surface area contributed by atoms with Crippen molar-refractivity contribution in [2.45, 2.75) is 64.3 Å². The molecule has 3 nitrogen and oxygen atoms in total. The average molecular weight is 215 g/mol. The molecule has 1 heterocycles. The number of hydrogen-bond donors (Lipinski definition) is 2. The van der Waals surface area contributed by atoms with Crippen molar-refractivity contribution in [1.29, 1.82) is 0 Å². The lowest BCUT2D eigenvalue weighted by atomic mass is 9.93. The zero-order valence-corrected chi connectivity index (χ0v) is 10.3. The largest absolute Gasteiger partial charge is 0.390 e. The highest BCUT2D eigenvalue weighted by atomic mass is 16.5. The molecule has 15 heavy (non-hydrogen) atoms. The molecule has 0 aromatic carbocycles. The van der Waals surface area contributed by atoms with Crippen LogP contribution in [0.1, 0.15) is 46.5 Å². The van der Waals surface area contributed by atoms with Crippen molar-refractivity contribution in [2.24, 2.45) is 0 Å². The predicted molar refractivity (Wildman–Crippen MR) is 62.0 cm³/mol. The van der Waals surface area contributed by atoms with Crippen LogP contribution in [0.15, 0.2) is 0 Å². The first-order chi connectivity index (χ1) is 7.03. The minimum Gasteiger partial charge on any atom is -0.390 e. The summed E-state index contributed by atoms with van der Waals surface area (Å²) in [5.74, 6) is 0. The minimum atomic E-state index is -0.586. The van der Waals surface area contributed by atoms with Gasteiger partial charge < -0.3 is 15.2 Å². The van der Waals surface area contributed by atoms with Gasteiger partial charge in [-0.1, -0.05) is 6.92 Å². The van der Waals surface area contributed by atoms with E-state index in [9.17, 15) is 5.11 Å². The second-order valence-corrected chi connectivity index (χ2v) is 4.95. The Morgan fingerprint density at radius 3 is 2.73 bits per heavy atom. The highest BCUT2D eigenvalue weighted by Crippen LogP contribution is 2.27. The predicted octanol–water partition coefficient (Wildman–Crippen LogP) is 1.69. The molecule has 0 aliphatic carbocycles. The van der Waals surface area contributed by atoms with Gasteiger partial charge in [0.25, 0.3) is 0 Å². The van der Waals surface area contributed by atoms with Crippen LogP contribution in [0.2, 0.25) is 0 Å². The topological polar surface area (TPSA) is 41.5 Å². The van der Waals surface area contributed by atoms with Gasteiger partial charge in [-0.3, -0.25) is 0 Å². The van der Waals surface area contributed by atoms with Crippen LogP contribution in [0, 0.1) is 0 Å². The molecule has 1 fully saturated rings. The summed E-state index contributed by atoms with van der Waals surface area (Å²) >= 11 is 0. The van der Waals surface area contributed by atoms with Crippen LogP contribution in [0.4, 0.5) is 0 Å². The Morgan fingerprint density at radius 1 is 1.47 bits per heavy atom. The molecule has 90 valence electrons. The summed E-state index contributed by atoms with van der Waals surface area (Å²) in [7, 11) is 0. The van der Waals surface area contributed by atoms with Crippen molar-refractivity contribution in [3.05, 3.63) is 0 Å². The van der Waals surface area contributed by atoms with Gasteiger partial charge in [-0.15, -0.1) is 0 Å². The fraction of sp³-hybridized carbons (Fsp3) is 1.00. The summed E-state index contributed by atoms with van der Waals surface area (Å²) in [6.07, 6.45) is 4.43. The van der Waals surface area contributed by atoms with Gasteiger partial charge in [0, 0.05) is 6.42 Å². The van der Waals surface area contributed by atoms with Crippen LogP contribution in [0.25, 0.3) is 0 Å². The van der Waals surface area contributed by atoms with Crippen molar-refractivity contribution in [3.8, 4) is 0 Å². The normalized spacial score (nSPS) is 30.4. The minimum absolute atomic E-state index is 0.261. The molecule has 0 spiro atoms. The zero-order chi connectivity index (χ0) is 11.3. The molecular formula is C12H25NO2. The monoisotopic (exact) mass is 215 g/mol. The van der Waals surface area contributed by atoms with Gasteiger partial charge in [0.15, 0.2) is 0 Å². The summed E-state index contributed by atoms with van der Waals surface area (Å²) in [6, 6.07) is 0. The Bertz CT molecular complexity index is 182. The van der Waals surface area contributed by atoms with Crippen LogP contribution >= 0.6 is 0 Å². The number of hydrogen-bond acceptors (Lipinski definition) is 3. The zero-order valence-electron chi connectivity index (χ0n) is 10.3. The summed E-state index contributed by atoms with van der Waals surface area (Å²) in [6.45, 7) is 7.94. The highest BCUT2D eigenvalue weighted by molar-refractivity contribution is 4.81.